The van der Waals surface area contributed by atoms with E-state index in [9.17, 15) is 43.2 Å². The standard InChI is InChI=1S/C79H154O17P2/c1-6-9-12-15-18-21-23-24-25-26-27-28-29-32-36-40-45-50-55-60-65-79(84)96-75(69-90-77(82)63-58-53-48-43-39-35-33-30-31-34-38-42-46-51-56-61-72(4)5)71-94-98(87,88)92-67-73(80)66-91-97(85,86)93-70-74(68-89-76(81)62-57-52-47-41-20-17-14-11-8-3)95-78(83)64-59-54-49-44-37-22-19-16-13-10-7-2/h72-75,80H,6-71H2,1-5H3,(H,85,86)(H,87,88)/t73-,74+,75+/m0/s1. The van der Waals surface area contributed by atoms with E-state index in [0.29, 0.717) is 25.7 Å². The lowest BCUT2D eigenvalue weighted by Gasteiger charge is -2.21. The lowest BCUT2D eigenvalue weighted by atomic mass is 10.0. The van der Waals surface area contributed by atoms with Crippen molar-refractivity contribution in [3.05, 3.63) is 0 Å². The second-order valence-corrected chi connectivity index (χ2v) is 31.8. The Hall–Kier alpha value is -1.94. The van der Waals surface area contributed by atoms with Crippen molar-refractivity contribution in [1.29, 1.82) is 0 Å². The van der Waals surface area contributed by atoms with Crippen LogP contribution in [0.3, 0.4) is 0 Å². The monoisotopic (exact) mass is 1440 g/mol. The number of carbonyl (C=O) groups excluding carboxylic acids is 4. The van der Waals surface area contributed by atoms with Crippen LogP contribution in [0.2, 0.25) is 0 Å². The fraction of sp³-hybridized carbons (Fsp3) is 0.949. The van der Waals surface area contributed by atoms with Crippen molar-refractivity contribution in [2.75, 3.05) is 39.6 Å². The van der Waals surface area contributed by atoms with Gasteiger partial charge in [-0.05, 0) is 31.6 Å². The smallest absolute Gasteiger partial charge is 0.462 e. The fourth-order valence-electron chi connectivity index (χ4n) is 12.2. The van der Waals surface area contributed by atoms with Gasteiger partial charge < -0.3 is 33.8 Å². The van der Waals surface area contributed by atoms with Crippen molar-refractivity contribution in [3.63, 3.8) is 0 Å². The van der Waals surface area contributed by atoms with E-state index in [2.05, 4.69) is 34.6 Å². The van der Waals surface area contributed by atoms with Crippen molar-refractivity contribution in [3.8, 4) is 0 Å². The Morgan fingerprint density at radius 3 is 0.694 bits per heavy atom. The summed E-state index contributed by atoms with van der Waals surface area (Å²) in [7, 11) is -9.91. The predicted molar refractivity (Wildman–Crippen MR) is 400 cm³/mol. The molecule has 0 aliphatic carbocycles. The summed E-state index contributed by atoms with van der Waals surface area (Å²) in [4.78, 5) is 72.8. The number of phosphoric acid groups is 2. The van der Waals surface area contributed by atoms with Gasteiger partial charge in [-0.2, -0.15) is 0 Å². The van der Waals surface area contributed by atoms with Gasteiger partial charge in [0.2, 0.25) is 0 Å². The molecule has 0 aromatic carbocycles. The zero-order valence-electron chi connectivity index (χ0n) is 63.9. The summed E-state index contributed by atoms with van der Waals surface area (Å²) in [6, 6.07) is 0. The zero-order valence-corrected chi connectivity index (χ0v) is 65.7. The maximum Gasteiger partial charge on any atom is 0.472 e. The van der Waals surface area contributed by atoms with Crippen LogP contribution in [0.25, 0.3) is 0 Å². The molecule has 98 heavy (non-hydrogen) atoms. The first-order valence-electron chi connectivity index (χ1n) is 41.1. The van der Waals surface area contributed by atoms with E-state index in [4.69, 9.17) is 37.0 Å². The Morgan fingerprint density at radius 2 is 0.469 bits per heavy atom. The molecule has 0 saturated heterocycles. The van der Waals surface area contributed by atoms with Crippen LogP contribution in [-0.2, 0) is 65.4 Å². The summed E-state index contributed by atoms with van der Waals surface area (Å²) >= 11 is 0. The second-order valence-electron chi connectivity index (χ2n) is 28.9. The molecule has 0 fully saturated rings. The summed E-state index contributed by atoms with van der Waals surface area (Å²) in [6.07, 6.45) is 62.5. The molecule has 0 aromatic heterocycles. The summed E-state index contributed by atoms with van der Waals surface area (Å²) in [5, 5.41) is 10.6. The van der Waals surface area contributed by atoms with E-state index in [0.717, 1.165) is 95.8 Å². The molecular formula is C79H154O17P2. The number of esters is 4. The number of carbonyl (C=O) groups is 4. The van der Waals surface area contributed by atoms with Gasteiger partial charge in [0.25, 0.3) is 0 Å². The molecule has 17 nitrogen and oxygen atoms in total. The van der Waals surface area contributed by atoms with Crippen molar-refractivity contribution in [2.45, 2.75) is 438 Å². The molecule has 0 rings (SSSR count). The van der Waals surface area contributed by atoms with Crippen LogP contribution in [0, 0.1) is 5.92 Å². The number of hydrogen-bond donors (Lipinski definition) is 3. The largest absolute Gasteiger partial charge is 0.472 e. The van der Waals surface area contributed by atoms with Gasteiger partial charge in [0.1, 0.15) is 19.3 Å². The van der Waals surface area contributed by atoms with E-state index in [1.807, 2.05) is 0 Å². The molecule has 3 N–H and O–H groups in total. The van der Waals surface area contributed by atoms with Crippen molar-refractivity contribution < 1.29 is 80.2 Å². The normalized spacial score (nSPS) is 13.9. The molecule has 0 heterocycles. The number of hydrogen-bond acceptors (Lipinski definition) is 15. The molecule has 19 heteroatoms. The number of unbranched alkanes of at least 4 members (excludes halogenated alkanes) is 51. The lowest BCUT2D eigenvalue weighted by molar-refractivity contribution is -0.161. The van der Waals surface area contributed by atoms with Crippen LogP contribution in [0.5, 0.6) is 0 Å². The molecule has 0 saturated carbocycles. The Bertz CT molecular complexity index is 1870. The van der Waals surface area contributed by atoms with Gasteiger partial charge in [-0.15, -0.1) is 0 Å². The molecular weight excluding hydrogens is 1280 g/mol. The summed E-state index contributed by atoms with van der Waals surface area (Å²) in [6.45, 7) is 7.32. The third kappa shape index (κ3) is 72.4. The van der Waals surface area contributed by atoms with Crippen molar-refractivity contribution >= 4 is 39.5 Å². The Balaban J connectivity index is 5.19. The maximum atomic E-state index is 13.1. The summed E-state index contributed by atoms with van der Waals surface area (Å²) < 4.78 is 68.6. The highest BCUT2D eigenvalue weighted by atomic mass is 31.2. The number of rotatable bonds is 79. The number of aliphatic hydroxyl groups excluding tert-OH is 1. The van der Waals surface area contributed by atoms with Gasteiger partial charge in [0, 0.05) is 25.7 Å². The fourth-order valence-corrected chi connectivity index (χ4v) is 13.8. The number of aliphatic hydroxyl groups is 1. The van der Waals surface area contributed by atoms with E-state index in [-0.39, 0.29) is 25.7 Å². The highest BCUT2D eigenvalue weighted by Gasteiger charge is 2.30. The van der Waals surface area contributed by atoms with Gasteiger partial charge in [-0.25, -0.2) is 9.13 Å². The Kier molecular flexibility index (Phi) is 70.6. The minimum atomic E-state index is -4.96. The van der Waals surface area contributed by atoms with Crippen LogP contribution in [-0.4, -0.2) is 96.7 Å². The maximum absolute atomic E-state index is 13.1. The minimum Gasteiger partial charge on any atom is -0.462 e. The first-order valence-corrected chi connectivity index (χ1v) is 44.1. The van der Waals surface area contributed by atoms with Crippen molar-refractivity contribution in [1.82, 2.24) is 0 Å². The van der Waals surface area contributed by atoms with Gasteiger partial charge >= 0.3 is 39.5 Å². The van der Waals surface area contributed by atoms with Crippen molar-refractivity contribution in [2.24, 2.45) is 5.92 Å². The van der Waals surface area contributed by atoms with Gasteiger partial charge in [0.15, 0.2) is 12.2 Å². The number of ether oxygens (including phenoxy) is 4. The average molecular weight is 1440 g/mol. The van der Waals surface area contributed by atoms with Crippen LogP contribution >= 0.6 is 15.6 Å². The van der Waals surface area contributed by atoms with Gasteiger partial charge in [0.05, 0.1) is 26.4 Å². The minimum absolute atomic E-state index is 0.107. The van der Waals surface area contributed by atoms with Crippen LogP contribution in [0.4, 0.5) is 0 Å². The molecule has 0 amide bonds. The highest BCUT2D eigenvalue weighted by molar-refractivity contribution is 7.47. The molecule has 0 aliphatic rings. The van der Waals surface area contributed by atoms with Crippen LogP contribution < -0.4 is 0 Å². The SMILES string of the molecule is CCCCCCCCCCCCCCCCCCCCCCC(=O)O[C@H](COC(=O)CCCCCCCCCCCCCCCCCC(C)C)COP(=O)(O)OC[C@@H](O)COP(=O)(O)OC[C@@H](COC(=O)CCCCCCCCCCC)OC(=O)CCCCCCCCCCCCC. The molecule has 0 aliphatic heterocycles. The summed E-state index contributed by atoms with van der Waals surface area (Å²) in [5.74, 6) is -1.30. The quantitative estimate of drug-likeness (QED) is 0.0222. The molecule has 0 radical (unpaired) electrons. The predicted octanol–water partition coefficient (Wildman–Crippen LogP) is 23.6. The van der Waals surface area contributed by atoms with Gasteiger partial charge in [-0.1, -0.05) is 369 Å². The molecule has 2 unspecified atom stereocenters. The topological polar surface area (TPSA) is 237 Å². The molecule has 0 aromatic rings. The Labute approximate surface area is 600 Å². The van der Waals surface area contributed by atoms with E-state index < -0.39 is 97.5 Å². The third-order valence-corrected chi connectivity index (χ3v) is 20.4. The first kappa shape index (κ1) is 96.1. The zero-order chi connectivity index (χ0) is 71.9. The lowest BCUT2D eigenvalue weighted by Crippen LogP contribution is -2.30. The highest BCUT2D eigenvalue weighted by Crippen LogP contribution is 2.45. The Morgan fingerprint density at radius 1 is 0.276 bits per heavy atom. The van der Waals surface area contributed by atoms with Gasteiger partial charge in [-0.3, -0.25) is 37.3 Å². The molecule has 5 atom stereocenters. The summed E-state index contributed by atoms with van der Waals surface area (Å²) in [5.41, 5.74) is 0. The van der Waals surface area contributed by atoms with Crippen LogP contribution in [0.15, 0.2) is 0 Å². The van der Waals surface area contributed by atoms with E-state index >= 15 is 0 Å². The second kappa shape index (κ2) is 72.0. The van der Waals surface area contributed by atoms with Crippen LogP contribution in [0.1, 0.15) is 420 Å². The molecule has 582 valence electrons. The molecule has 0 bridgehead atoms. The third-order valence-electron chi connectivity index (χ3n) is 18.5. The van der Waals surface area contributed by atoms with E-state index in [1.165, 1.54) is 244 Å². The first-order chi connectivity index (χ1) is 47.5. The number of phosphoric ester groups is 2. The average Bonchev–Trinajstić information content (AvgIpc) is 1.79. The van der Waals surface area contributed by atoms with E-state index in [1.54, 1.807) is 0 Å². The molecule has 0 spiro atoms.